The largest absolute Gasteiger partial charge is 0.414 e. The summed E-state index contributed by atoms with van der Waals surface area (Å²) in [5.41, 5.74) is 0. The summed E-state index contributed by atoms with van der Waals surface area (Å²) >= 11 is 3.19. The van der Waals surface area contributed by atoms with Crippen LogP contribution in [-0.4, -0.2) is 28.2 Å². The molecule has 14 heavy (non-hydrogen) atoms. The molecule has 2 heterocycles. The molecular formula is C9H12BrN3O. The van der Waals surface area contributed by atoms with Gasteiger partial charge in [-0.3, -0.25) is 4.90 Å². The highest BCUT2D eigenvalue weighted by Crippen LogP contribution is 2.48. The lowest BCUT2D eigenvalue weighted by Crippen LogP contribution is -2.31. The SMILES string of the molecule is CN1C2CCC(C2)C1c1nnc(Br)o1. The Morgan fingerprint density at radius 3 is 2.86 bits per heavy atom. The number of hydrogen-bond donors (Lipinski definition) is 0. The first-order chi connectivity index (χ1) is 6.75. The smallest absolute Gasteiger partial charge is 0.284 e. The number of fused-ring (bicyclic) bond motifs is 2. The minimum Gasteiger partial charge on any atom is -0.414 e. The van der Waals surface area contributed by atoms with Crippen LogP contribution in [0.25, 0.3) is 0 Å². The topological polar surface area (TPSA) is 42.2 Å². The highest BCUT2D eigenvalue weighted by Gasteiger charge is 2.46. The van der Waals surface area contributed by atoms with E-state index in [1.54, 1.807) is 0 Å². The number of likely N-dealkylation sites (tertiary alicyclic amines) is 1. The normalized spacial score (nSPS) is 36.9. The van der Waals surface area contributed by atoms with Crippen molar-refractivity contribution in [2.45, 2.75) is 31.3 Å². The Bertz CT molecular complexity index is 352. The van der Waals surface area contributed by atoms with Crippen LogP contribution in [0.2, 0.25) is 0 Å². The zero-order valence-corrected chi connectivity index (χ0v) is 9.57. The lowest BCUT2D eigenvalue weighted by Gasteiger charge is -2.28. The quantitative estimate of drug-likeness (QED) is 0.772. The third-order valence-electron chi connectivity index (χ3n) is 3.58. The van der Waals surface area contributed by atoms with E-state index in [4.69, 9.17) is 4.42 Å². The van der Waals surface area contributed by atoms with E-state index in [-0.39, 0.29) is 0 Å². The monoisotopic (exact) mass is 257 g/mol. The lowest BCUT2D eigenvalue weighted by atomic mass is 9.99. The zero-order chi connectivity index (χ0) is 9.71. The van der Waals surface area contributed by atoms with Gasteiger partial charge in [0.1, 0.15) is 0 Å². The number of hydrogen-bond acceptors (Lipinski definition) is 4. The van der Waals surface area contributed by atoms with E-state index < -0.39 is 0 Å². The maximum absolute atomic E-state index is 5.44. The third-order valence-corrected chi connectivity index (χ3v) is 3.90. The van der Waals surface area contributed by atoms with E-state index in [0.717, 1.165) is 17.9 Å². The van der Waals surface area contributed by atoms with Crippen LogP contribution in [0.3, 0.4) is 0 Å². The summed E-state index contributed by atoms with van der Waals surface area (Å²) in [5.74, 6) is 1.49. The molecule has 0 N–H and O–H groups in total. The second kappa shape index (κ2) is 3.03. The summed E-state index contributed by atoms with van der Waals surface area (Å²) < 4.78 is 5.44. The van der Waals surface area contributed by atoms with Gasteiger partial charge in [0.05, 0.1) is 6.04 Å². The summed E-state index contributed by atoms with van der Waals surface area (Å²) in [4.78, 5) is 2.87. The molecule has 0 aromatic carbocycles. The third kappa shape index (κ3) is 1.15. The van der Waals surface area contributed by atoms with Crippen molar-refractivity contribution in [1.82, 2.24) is 15.1 Å². The van der Waals surface area contributed by atoms with E-state index in [1.807, 2.05) is 0 Å². The van der Waals surface area contributed by atoms with Gasteiger partial charge < -0.3 is 4.42 Å². The first-order valence-corrected chi connectivity index (χ1v) is 5.76. The maximum atomic E-state index is 5.44. The van der Waals surface area contributed by atoms with Gasteiger partial charge >= 0.3 is 0 Å². The van der Waals surface area contributed by atoms with Crippen molar-refractivity contribution >= 4 is 15.9 Å². The fourth-order valence-corrected chi connectivity index (χ4v) is 3.16. The van der Waals surface area contributed by atoms with Crippen LogP contribution in [0.5, 0.6) is 0 Å². The average Bonchev–Trinajstić information content (AvgIpc) is 2.80. The summed E-state index contributed by atoms with van der Waals surface area (Å²) in [7, 11) is 2.16. The fourth-order valence-electron chi connectivity index (χ4n) is 2.92. The number of aromatic nitrogens is 2. The summed E-state index contributed by atoms with van der Waals surface area (Å²) in [6.07, 6.45) is 3.92. The van der Waals surface area contributed by atoms with E-state index >= 15 is 0 Å². The van der Waals surface area contributed by atoms with Gasteiger partial charge in [-0.1, -0.05) is 0 Å². The van der Waals surface area contributed by atoms with Crippen LogP contribution >= 0.6 is 15.9 Å². The van der Waals surface area contributed by atoms with Crippen LogP contribution in [0, 0.1) is 5.92 Å². The van der Waals surface area contributed by atoms with Crippen molar-refractivity contribution in [3.8, 4) is 0 Å². The molecular weight excluding hydrogens is 246 g/mol. The standard InChI is InChI=1S/C9H12BrN3O/c1-13-6-3-2-5(4-6)7(13)8-11-12-9(10)14-8/h5-7H,2-4H2,1H3. The molecule has 1 aromatic heterocycles. The predicted molar refractivity (Wildman–Crippen MR) is 53.6 cm³/mol. The van der Waals surface area contributed by atoms with Crippen LogP contribution in [0.4, 0.5) is 0 Å². The van der Waals surface area contributed by atoms with Crippen molar-refractivity contribution in [2.24, 2.45) is 5.92 Å². The van der Waals surface area contributed by atoms with E-state index in [2.05, 4.69) is 38.1 Å². The van der Waals surface area contributed by atoms with Crippen molar-refractivity contribution < 1.29 is 4.42 Å². The second-order valence-electron chi connectivity index (χ2n) is 4.23. The summed E-state index contributed by atoms with van der Waals surface area (Å²) in [6.45, 7) is 0. The van der Waals surface area contributed by atoms with Crippen molar-refractivity contribution in [1.29, 1.82) is 0 Å². The predicted octanol–water partition coefficient (Wildman–Crippen LogP) is 1.99. The van der Waals surface area contributed by atoms with E-state index in [0.29, 0.717) is 10.8 Å². The fraction of sp³-hybridized carbons (Fsp3) is 0.778. The molecule has 0 radical (unpaired) electrons. The van der Waals surface area contributed by atoms with E-state index in [1.165, 1.54) is 19.3 Å². The Morgan fingerprint density at radius 2 is 2.29 bits per heavy atom. The average molecular weight is 258 g/mol. The minimum absolute atomic E-state index is 0.354. The van der Waals surface area contributed by atoms with Gasteiger partial charge in [-0.15, -0.1) is 10.2 Å². The molecule has 1 aliphatic carbocycles. The van der Waals surface area contributed by atoms with Gasteiger partial charge in [-0.05, 0) is 32.2 Å². The van der Waals surface area contributed by atoms with Crippen LogP contribution in [0.15, 0.2) is 9.22 Å². The minimum atomic E-state index is 0.354. The molecule has 3 rings (SSSR count). The molecule has 5 heteroatoms. The molecule has 2 bridgehead atoms. The molecule has 76 valence electrons. The molecule has 0 spiro atoms. The van der Waals surface area contributed by atoms with Crippen molar-refractivity contribution in [2.75, 3.05) is 7.05 Å². The number of nitrogens with zero attached hydrogens (tertiary/aromatic N) is 3. The second-order valence-corrected chi connectivity index (χ2v) is 4.91. The Hall–Kier alpha value is -0.420. The lowest BCUT2D eigenvalue weighted by molar-refractivity contribution is 0.149. The Balaban J connectivity index is 1.92. The molecule has 1 saturated carbocycles. The zero-order valence-electron chi connectivity index (χ0n) is 7.98. The van der Waals surface area contributed by atoms with Crippen LogP contribution in [0.1, 0.15) is 31.2 Å². The van der Waals surface area contributed by atoms with Gasteiger partial charge in [0.2, 0.25) is 5.89 Å². The first-order valence-electron chi connectivity index (χ1n) is 4.96. The molecule has 2 aliphatic rings. The molecule has 1 aromatic rings. The Labute approximate surface area is 90.8 Å². The number of halogens is 1. The van der Waals surface area contributed by atoms with Gasteiger partial charge in [0, 0.05) is 22.0 Å². The van der Waals surface area contributed by atoms with Gasteiger partial charge in [0.25, 0.3) is 4.80 Å². The molecule has 2 fully saturated rings. The van der Waals surface area contributed by atoms with Crippen molar-refractivity contribution in [3.05, 3.63) is 10.7 Å². The summed E-state index contributed by atoms with van der Waals surface area (Å²) in [6, 6.07) is 1.09. The Morgan fingerprint density at radius 1 is 1.43 bits per heavy atom. The summed E-state index contributed by atoms with van der Waals surface area (Å²) in [5, 5.41) is 7.91. The molecule has 1 saturated heterocycles. The van der Waals surface area contributed by atoms with Gasteiger partial charge in [0.15, 0.2) is 0 Å². The highest BCUT2D eigenvalue weighted by molar-refractivity contribution is 9.10. The van der Waals surface area contributed by atoms with Gasteiger partial charge in [-0.2, -0.15) is 0 Å². The molecule has 4 nitrogen and oxygen atoms in total. The molecule has 1 aliphatic heterocycles. The van der Waals surface area contributed by atoms with E-state index in [9.17, 15) is 0 Å². The first kappa shape index (κ1) is 8.85. The molecule has 3 unspecified atom stereocenters. The number of rotatable bonds is 1. The van der Waals surface area contributed by atoms with Gasteiger partial charge in [-0.25, -0.2) is 0 Å². The maximum Gasteiger partial charge on any atom is 0.284 e. The van der Waals surface area contributed by atoms with Crippen molar-refractivity contribution in [3.63, 3.8) is 0 Å². The number of piperidine rings is 1. The highest BCUT2D eigenvalue weighted by atomic mass is 79.9. The molecule has 3 atom stereocenters. The Kier molecular flexibility index (Phi) is 1.92. The molecule has 0 amide bonds. The van der Waals surface area contributed by atoms with Crippen LogP contribution in [-0.2, 0) is 0 Å². The van der Waals surface area contributed by atoms with Crippen LogP contribution < -0.4 is 0 Å².